The number of halogens is 1. The molecule has 6 heteroatoms. The lowest BCUT2D eigenvalue weighted by Gasteiger charge is -2.05. The Balaban J connectivity index is 2.31. The minimum Gasteiger partial charge on any atom is -0.392 e. The zero-order valence-electron chi connectivity index (χ0n) is 9.75. The second kappa shape index (κ2) is 6.06. The van der Waals surface area contributed by atoms with Crippen molar-refractivity contribution < 1.29 is 10.0 Å². The number of rotatable bonds is 4. The van der Waals surface area contributed by atoms with Crippen LogP contribution in [0, 0.1) is 10.1 Å². The van der Waals surface area contributed by atoms with Crippen LogP contribution in [0.5, 0.6) is 0 Å². The number of aliphatic hydroxyl groups is 1. The average Bonchev–Trinajstić information content (AvgIpc) is 2.39. The maximum atomic E-state index is 10.9. The van der Waals surface area contributed by atoms with Crippen LogP contribution in [0.4, 0.5) is 5.69 Å². The second-order valence-electron chi connectivity index (χ2n) is 3.74. The van der Waals surface area contributed by atoms with Crippen LogP contribution >= 0.6 is 23.4 Å². The van der Waals surface area contributed by atoms with Crippen LogP contribution in [0.25, 0.3) is 0 Å². The van der Waals surface area contributed by atoms with Crippen LogP contribution in [0.15, 0.2) is 52.3 Å². The summed E-state index contributed by atoms with van der Waals surface area (Å²) in [6.07, 6.45) is 0. The van der Waals surface area contributed by atoms with Gasteiger partial charge in [0.1, 0.15) is 0 Å². The van der Waals surface area contributed by atoms with E-state index in [1.807, 2.05) is 0 Å². The molecular weight excluding hydrogens is 286 g/mol. The van der Waals surface area contributed by atoms with Gasteiger partial charge in [-0.25, -0.2) is 0 Å². The zero-order valence-corrected chi connectivity index (χ0v) is 11.3. The summed E-state index contributed by atoms with van der Waals surface area (Å²) in [5.74, 6) is 0. The molecule has 0 spiro atoms. The standard InChI is InChI=1S/C13H10ClNO3S/c14-11-7-10(6-5-9(11)8-16)19-13-4-2-1-3-12(13)15(17)18/h1-7,16H,8H2. The number of nitro benzene ring substituents is 1. The molecule has 0 saturated heterocycles. The predicted molar refractivity (Wildman–Crippen MR) is 74.6 cm³/mol. The molecule has 0 radical (unpaired) electrons. The van der Waals surface area contributed by atoms with Gasteiger partial charge in [0.15, 0.2) is 0 Å². The molecule has 4 nitrogen and oxygen atoms in total. The Labute approximate surface area is 119 Å². The van der Waals surface area contributed by atoms with Gasteiger partial charge in [0.2, 0.25) is 0 Å². The molecule has 0 amide bonds. The maximum Gasteiger partial charge on any atom is 0.283 e. The topological polar surface area (TPSA) is 63.4 Å². The van der Waals surface area contributed by atoms with Crippen molar-refractivity contribution in [3.63, 3.8) is 0 Å². The van der Waals surface area contributed by atoms with Crippen molar-refractivity contribution in [1.29, 1.82) is 0 Å². The van der Waals surface area contributed by atoms with Crippen molar-refractivity contribution in [3.05, 3.63) is 63.2 Å². The highest BCUT2D eigenvalue weighted by atomic mass is 35.5. The fourth-order valence-electron chi connectivity index (χ4n) is 1.54. The summed E-state index contributed by atoms with van der Waals surface area (Å²) in [6, 6.07) is 11.7. The largest absolute Gasteiger partial charge is 0.392 e. The summed E-state index contributed by atoms with van der Waals surface area (Å²) in [4.78, 5) is 11.8. The van der Waals surface area contributed by atoms with Crippen LogP contribution in [0.1, 0.15) is 5.56 Å². The van der Waals surface area contributed by atoms with E-state index in [4.69, 9.17) is 16.7 Å². The van der Waals surface area contributed by atoms with Gasteiger partial charge in [-0.05, 0) is 23.8 Å². The molecule has 0 unspecified atom stereocenters. The normalized spacial score (nSPS) is 10.4. The molecule has 0 bridgehead atoms. The molecular formula is C13H10ClNO3S. The summed E-state index contributed by atoms with van der Waals surface area (Å²) >= 11 is 7.26. The van der Waals surface area contributed by atoms with Gasteiger partial charge in [0.25, 0.3) is 5.69 Å². The van der Waals surface area contributed by atoms with Gasteiger partial charge in [-0.3, -0.25) is 10.1 Å². The van der Waals surface area contributed by atoms with Crippen molar-refractivity contribution in [1.82, 2.24) is 0 Å². The first-order chi connectivity index (χ1) is 9.11. The quantitative estimate of drug-likeness (QED) is 0.686. The lowest BCUT2D eigenvalue weighted by molar-refractivity contribution is -0.387. The van der Waals surface area contributed by atoms with Crippen LogP contribution in [-0.4, -0.2) is 10.0 Å². The van der Waals surface area contributed by atoms with Crippen molar-refractivity contribution in [2.45, 2.75) is 16.4 Å². The molecule has 0 atom stereocenters. The summed E-state index contributed by atoms with van der Waals surface area (Å²) in [5, 5.41) is 20.4. The Bertz CT molecular complexity index is 619. The number of aliphatic hydroxyl groups excluding tert-OH is 1. The van der Waals surface area contributed by atoms with Gasteiger partial charge in [0, 0.05) is 16.0 Å². The fraction of sp³-hybridized carbons (Fsp3) is 0.0769. The summed E-state index contributed by atoms with van der Waals surface area (Å²) in [7, 11) is 0. The summed E-state index contributed by atoms with van der Waals surface area (Å²) < 4.78 is 0. The Morgan fingerprint density at radius 2 is 2.00 bits per heavy atom. The first-order valence-corrected chi connectivity index (χ1v) is 6.62. The number of benzene rings is 2. The van der Waals surface area contributed by atoms with E-state index >= 15 is 0 Å². The number of hydrogen-bond acceptors (Lipinski definition) is 4. The van der Waals surface area contributed by atoms with Gasteiger partial charge in [-0.1, -0.05) is 41.6 Å². The van der Waals surface area contributed by atoms with Crippen molar-refractivity contribution in [3.8, 4) is 0 Å². The lowest BCUT2D eigenvalue weighted by atomic mass is 10.2. The minimum absolute atomic E-state index is 0.0647. The molecule has 0 fully saturated rings. The third-order valence-corrected chi connectivity index (χ3v) is 3.89. The Morgan fingerprint density at radius 3 is 2.63 bits per heavy atom. The molecule has 0 aliphatic heterocycles. The van der Waals surface area contributed by atoms with E-state index in [2.05, 4.69) is 0 Å². The van der Waals surface area contributed by atoms with Gasteiger partial charge in [-0.2, -0.15) is 0 Å². The van der Waals surface area contributed by atoms with Gasteiger partial charge in [0.05, 0.1) is 16.4 Å². The summed E-state index contributed by atoms with van der Waals surface area (Å²) in [6.45, 7) is -0.130. The van der Waals surface area contributed by atoms with E-state index in [0.29, 0.717) is 15.5 Å². The SMILES string of the molecule is O=[N+]([O-])c1ccccc1Sc1ccc(CO)c(Cl)c1. The van der Waals surface area contributed by atoms with E-state index < -0.39 is 4.92 Å². The molecule has 0 heterocycles. The fourth-order valence-corrected chi connectivity index (χ4v) is 2.81. The van der Waals surface area contributed by atoms with Crippen LogP contribution in [0.2, 0.25) is 5.02 Å². The van der Waals surface area contributed by atoms with E-state index in [-0.39, 0.29) is 12.3 Å². The lowest BCUT2D eigenvalue weighted by Crippen LogP contribution is -1.90. The molecule has 1 N–H and O–H groups in total. The van der Waals surface area contributed by atoms with Crippen LogP contribution in [-0.2, 0) is 6.61 Å². The molecule has 0 aliphatic rings. The molecule has 98 valence electrons. The second-order valence-corrected chi connectivity index (χ2v) is 5.26. The minimum atomic E-state index is -0.411. The van der Waals surface area contributed by atoms with E-state index in [0.717, 1.165) is 4.90 Å². The first-order valence-electron chi connectivity index (χ1n) is 5.42. The molecule has 19 heavy (non-hydrogen) atoms. The average molecular weight is 296 g/mol. The number of nitro groups is 1. The van der Waals surface area contributed by atoms with E-state index in [9.17, 15) is 10.1 Å². The number of para-hydroxylation sites is 1. The third-order valence-electron chi connectivity index (χ3n) is 2.48. The molecule has 2 aromatic carbocycles. The van der Waals surface area contributed by atoms with Crippen LogP contribution in [0.3, 0.4) is 0 Å². The van der Waals surface area contributed by atoms with E-state index in [1.165, 1.54) is 17.8 Å². The van der Waals surface area contributed by atoms with Crippen molar-refractivity contribution in [2.75, 3.05) is 0 Å². The zero-order chi connectivity index (χ0) is 13.8. The molecule has 2 rings (SSSR count). The molecule has 0 aliphatic carbocycles. The maximum absolute atomic E-state index is 10.9. The third kappa shape index (κ3) is 3.26. The van der Waals surface area contributed by atoms with Gasteiger partial charge >= 0.3 is 0 Å². The van der Waals surface area contributed by atoms with Crippen molar-refractivity contribution in [2.24, 2.45) is 0 Å². The highest BCUT2D eigenvalue weighted by molar-refractivity contribution is 7.99. The monoisotopic (exact) mass is 295 g/mol. The molecule has 2 aromatic rings. The molecule has 0 saturated carbocycles. The Kier molecular flexibility index (Phi) is 4.42. The van der Waals surface area contributed by atoms with Crippen LogP contribution < -0.4 is 0 Å². The Morgan fingerprint density at radius 1 is 1.26 bits per heavy atom. The predicted octanol–water partition coefficient (Wildman–Crippen LogP) is 3.89. The Hall–Kier alpha value is -1.56. The summed E-state index contributed by atoms with van der Waals surface area (Å²) in [5.41, 5.74) is 0.698. The number of hydrogen-bond donors (Lipinski definition) is 1. The van der Waals surface area contributed by atoms with Gasteiger partial charge < -0.3 is 5.11 Å². The highest BCUT2D eigenvalue weighted by Crippen LogP contribution is 2.36. The van der Waals surface area contributed by atoms with Crippen molar-refractivity contribution >= 4 is 29.1 Å². The molecule has 0 aromatic heterocycles. The number of nitrogens with zero attached hydrogens (tertiary/aromatic N) is 1. The smallest absolute Gasteiger partial charge is 0.283 e. The first kappa shape index (κ1) is 13.9. The van der Waals surface area contributed by atoms with Gasteiger partial charge in [-0.15, -0.1) is 0 Å². The van der Waals surface area contributed by atoms with E-state index in [1.54, 1.807) is 36.4 Å². The highest BCUT2D eigenvalue weighted by Gasteiger charge is 2.13.